The summed E-state index contributed by atoms with van der Waals surface area (Å²) in [5.41, 5.74) is 4.11. The van der Waals surface area contributed by atoms with Gasteiger partial charge >= 0.3 is 12.1 Å². The second kappa shape index (κ2) is 25.0. The fourth-order valence-electron chi connectivity index (χ4n) is 6.53. The third kappa shape index (κ3) is 19.3. The molecule has 0 saturated heterocycles. The van der Waals surface area contributed by atoms with Crippen LogP contribution in [-0.4, -0.2) is 101 Å². The zero-order valence-electron chi connectivity index (χ0n) is 39.4. The van der Waals surface area contributed by atoms with Crippen molar-refractivity contribution in [2.24, 2.45) is 11.7 Å². The standard InChI is InChI=1S/C47H75N5O10/c1-14-31(2)37(49-30-58-29-34-23-17-15-18-24-34)40(53)50-38(32(3)60-45(5,6)7)41(54)51-39(33(4)61-46(8,9)10)42(55)52(44(57)62-47(11,12)13)36(27-21-22-28-48)43(56)59-35-25-19-16-20-26-35/h15-20,23-26,31-33,36-39,49H,14,21-22,27-30,48H2,1-13H3,(H,50,53)(H,51,54)/t31-,32+,33+,36-,37-,38-,39-/m0/s1. The molecule has 62 heavy (non-hydrogen) atoms. The third-order valence-electron chi connectivity index (χ3n) is 9.48. The number of esters is 1. The van der Waals surface area contributed by atoms with E-state index in [1.165, 1.54) is 0 Å². The molecule has 348 valence electrons. The van der Waals surface area contributed by atoms with Crippen LogP contribution in [-0.2, 0) is 44.7 Å². The first-order valence-electron chi connectivity index (χ1n) is 21.7. The molecule has 0 heterocycles. The molecular weight excluding hydrogens is 795 g/mol. The molecule has 0 aliphatic carbocycles. The Balaban J connectivity index is 2.65. The van der Waals surface area contributed by atoms with Crippen molar-refractivity contribution in [2.45, 2.75) is 175 Å². The number of amides is 4. The number of nitrogens with two attached hydrogens (primary N) is 1. The smallest absolute Gasteiger partial charge is 0.417 e. The second-order valence-corrected chi connectivity index (χ2v) is 18.6. The van der Waals surface area contributed by atoms with Gasteiger partial charge in [0.2, 0.25) is 11.8 Å². The molecule has 15 nitrogen and oxygen atoms in total. The third-order valence-corrected chi connectivity index (χ3v) is 9.48. The predicted octanol–water partition coefficient (Wildman–Crippen LogP) is 6.41. The van der Waals surface area contributed by atoms with Crippen molar-refractivity contribution >= 4 is 29.8 Å². The van der Waals surface area contributed by atoms with Gasteiger partial charge in [-0.05, 0) is 126 Å². The summed E-state index contributed by atoms with van der Waals surface area (Å²) in [7, 11) is 0. The monoisotopic (exact) mass is 870 g/mol. The van der Waals surface area contributed by atoms with Gasteiger partial charge in [-0.1, -0.05) is 68.8 Å². The summed E-state index contributed by atoms with van der Waals surface area (Å²) >= 11 is 0. The molecule has 0 aromatic heterocycles. The van der Waals surface area contributed by atoms with E-state index in [0.29, 0.717) is 37.3 Å². The normalized spacial score (nSPS) is 15.5. The zero-order chi connectivity index (χ0) is 46.8. The molecule has 0 saturated carbocycles. The van der Waals surface area contributed by atoms with E-state index in [9.17, 15) is 19.2 Å². The Morgan fingerprint density at radius 2 is 1.21 bits per heavy atom. The number of rotatable bonds is 23. The van der Waals surface area contributed by atoms with Gasteiger partial charge in [0.25, 0.3) is 5.91 Å². The summed E-state index contributed by atoms with van der Waals surface area (Å²) in [6, 6.07) is 12.7. The molecule has 7 atom stereocenters. The number of hydrogen-bond donors (Lipinski definition) is 4. The lowest BCUT2D eigenvalue weighted by Gasteiger charge is -2.37. The Morgan fingerprint density at radius 3 is 1.73 bits per heavy atom. The number of carbonyl (C=O) groups is 5. The van der Waals surface area contributed by atoms with Crippen molar-refractivity contribution in [3.05, 3.63) is 66.2 Å². The van der Waals surface area contributed by atoms with Crippen LogP contribution in [0.1, 0.15) is 121 Å². The average molecular weight is 870 g/mol. The molecule has 2 aromatic carbocycles. The lowest BCUT2D eigenvalue weighted by Crippen LogP contribution is -2.65. The number of unbranched alkanes of at least 4 members (excludes halogenated alkanes) is 1. The first-order valence-corrected chi connectivity index (χ1v) is 21.7. The molecule has 5 N–H and O–H groups in total. The average Bonchev–Trinajstić information content (AvgIpc) is 3.16. The van der Waals surface area contributed by atoms with Gasteiger partial charge in [-0.3, -0.25) is 19.7 Å². The fraction of sp³-hybridized carbons (Fsp3) is 0.638. The molecule has 2 aromatic rings. The minimum atomic E-state index is -1.59. The van der Waals surface area contributed by atoms with Crippen LogP contribution in [0.3, 0.4) is 0 Å². The number of nitrogens with zero attached hydrogens (tertiary/aromatic N) is 1. The molecule has 0 unspecified atom stereocenters. The van der Waals surface area contributed by atoms with E-state index in [2.05, 4.69) is 16.0 Å². The van der Waals surface area contributed by atoms with Crippen molar-refractivity contribution in [3.63, 3.8) is 0 Å². The molecule has 4 amide bonds. The summed E-state index contributed by atoms with van der Waals surface area (Å²) in [5, 5.41) is 8.88. The van der Waals surface area contributed by atoms with Crippen LogP contribution in [0, 0.1) is 5.92 Å². The largest absolute Gasteiger partial charge is 0.443 e. The van der Waals surface area contributed by atoms with Gasteiger partial charge in [0, 0.05) is 0 Å². The highest BCUT2D eigenvalue weighted by molar-refractivity contribution is 6.02. The van der Waals surface area contributed by atoms with Crippen LogP contribution in [0.4, 0.5) is 4.79 Å². The summed E-state index contributed by atoms with van der Waals surface area (Å²) < 4.78 is 29.8. The van der Waals surface area contributed by atoms with Crippen LogP contribution in [0.15, 0.2) is 60.7 Å². The van der Waals surface area contributed by atoms with Crippen molar-refractivity contribution < 1.29 is 47.7 Å². The van der Waals surface area contributed by atoms with Gasteiger partial charge in [0.05, 0.1) is 42.8 Å². The van der Waals surface area contributed by atoms with Gasteiger partial charge in [-0.2, -0.15) is 0 Å². The minimum Gasteiger partial charge on any atom is -0.443 e. The maximum absolute atomic E-state index is 15.1. The molecular formula is C47H75N5O10. The number of para-hydroxylation sites is 1. The Hall–Kier alpha value is -4.41. The van der Waals surface area contributed by atoms with E-state index < -0.39 is 83.0 Å². The summed E-state index contributed by atoms with van der Waals surface area (Å²) in [6.07, 6.45) is -1.69. The van der Waals surface area contributed by atoms with Crippen molar-refractivity contribution in [2.75, 3.05) is 13.3 Å². The van der Waals surface area contributed by atoms with Crippen LogP contribution in [0.5, 0.6) is 5.75 Å². The van der Waals surface area contributed by atoms with Crippen LogP contribution >= 0.6 is 0 Å². The van der Waals surface area contributed by atoms with Crippen LogP contribution in [0.25, 0.3) is 0 Å². The Labute approximate surface area is 369 Å². The summed E-state index contributed by atoms with van der Waals surface area (Å²) in [5.74, 6) is -3.15. The van der Waals surface area contributed by atoms with Crippen molar-refractivity contribution in [3.8, 4) is 5.75 Å². The molecule has 0 aliphatic heterocycles. The van der Waals surface area contributed by atoms with E-state index in [-0.39, 0.29) is 24.8 Å². The number of hydrogen-bond acceptors (Lipinski definition) is 12. The van der Waals surface area contributed by atoms with Gasteiger partial charge in [-0.15, -0.1) is 0 Å². The maximum Gasteiger partial charge on any atom is 0.417 e. The highest BCUT2D eigenvalue weighted by Gasteiger charge is 2.45. The molecule has 0 fully saturated rings. The molecule has 0 spiro atoms. The van der Waals surface area contributed by atoms with Crippen LogP contribution < -0.4 is 26.4 Å². The van der Waals surface area contributed by atoms with Crippen LogP contribution in [0.2, 0.25) is 0 Å². The number of ether oxygens (including phenoxy) is 5. The summed E-state index contributed by atoms with van der Waals surface area (Å²) in [6.45, 7) is 23.4. The topological polar surface area (TPSA) is 197 Å². The number of nitrogens with one attached hydrogen (secondary N) is 3. The number of imide groups is 1. The lowest BCUT2D eigenvalue weighted by atomic mass is 9.97. The first-order chi connectivity index (χ1) is 28.9. The Kier molecular flexibility index (Phi) is 21.7. The Morgan fingerprint density at radius 1 is 0.694 bits per heavy atom. The van der Waals surface area contributed by atoms with Gasteiger partial charge in [-0.25, -0.2) is 14.5 Å². The minimum absolute atomic E-state index is 0.0166. The van der Waals surface area contributed by atoms with Crippen molar-refractivity contribution in [1.82, 2.24) is 20.9 Å². The molecule has 2 rings (SSSR count). The highest BCUT2D eigenvalue weighted by Crippen LogP contribution is 2.23. The lowest BCUT2D eigenvalue weighted by molar-refractivity contribution is -0.154. The highest BCUT2D eigenvalue weighted by atomic mass is 16.6. The zero-order valence-corrected chi connectivity index (χ0v) is 39.4. The second-order valence-electron chi connectivity index (χ2n) is 18.6. The van der Waals surface area contributed by atoms with Gasteiger partial charge in [0.15, 0.2) is 0 Å². The number of benzene rings is 2. The molecule has 15 heteroatoms. The fourth-order valence-corrected chi connectivity index (χ4v) is 6.53. The van der Waals surface area contributed by atoms with E-state index in [4.69, 9.17) is 29.4 Å². The predicted molar refractivity (Wildman–Crippen MR) is 239 cm³/mol. The van der Waals surface area contributed by atoms with E-state index >= 15 is 4.79 Å². The molecule has 0 radical (unpaired) electrons. The van der Waals surface area contributed by atoms with Crippen molar-refractivity contribution in [1.29, 1.82) is 0 Å². The van der Waals surface area contributed by atoms with E-state index in [0.717, 1.165) is 5.56 Å². The van der Waals surface area contributed by atoms with E-state index in [1.807, 2.05) is 65.0 Å². The van der Waals surface area contributed by atoms with E-state index in [1.54, 1.807) is 85.7 Å². The molecule has 0 bridgehead atoms. The van der Waals surface area contributed by atoms with Gasteiger partial charge < -0.3 is 40.1 Å². The summed E-state index contributed by atoms with van der Waals surface area (Å²) in [4.78, 5) is 73.1. The molecule has 0 aliphatic rings. The number of carbonyl (C=O) groups excluding carboxylic acids is 5. The SMILES string of the molecule is CC[C@H](C)[C@H](NCOCc1ccccc1)C(=O)N[C@H](C(=O)N[C@H](C(=O)N(C(=O)OC(C)(C)C)[C@@H](CCCCN)C(=O)Oc1ccccc1)[C@@H](C)OC(C)(C)C)[C@@H](C)OC(C)(C)C. The maximum atomic E-state index is 15.1. The first kappa shape index (κ1) is 53.7. The van der Waals surface area contributed by atoms with Gasteiger partial charge in [0.1, 0.15) is 29.5 Å². The quantitative estimate of drug-likeness (QED) is 0.0415. The Bertz CT molecular complexity index is 1690.